The maximum atomic E-state index is 5.94. The number of hydrogen-bond acceptors (Lipinski definition) is 2. The predicted molar refractivity (Wildman–Crippen MR) is 64.1 cm³/mol. The fourth-order valence-electron chi connectivity index (χ4n) is 1.88. The van der Waals surface area contributed by atoms with Crippen molar-refractivity contribution in [1.82, 2.24) is 4.98 Å². The number of pyridine rings is 1. The fraction of sp³-hybridized carbons (Fsp3) is 0.545. The van der Waals surface area contributed by atoms with Gasteiger partial charge in [-0.05, 0) is 40.9 Å². The predicted octanol–water partition coefficient (Wildman–Crippen LogP) is 3.55. The van der Waals surface area contributed by atoms with Crippen LogP contribution in [0.4, 0.5) is 0 Å². The Bertz CT molecular complexity index is 317. The average molecular weight is 291 g/mol. The lowest BCUT2D eigenvalue weighted by molar-refractivity contribution is -0.0233. The zero-order valence-electron chi connectivity index (χ0n) is 8.33. The highest BCUT2D eigenvalue weighted by molar-refractivity contribution is 9.10. The molecule has 1 saturated heterocycles. The highest BCUT2D eigenvalue weighted by atomic mass is 79.9. The van der Waals surface area contributed by atoms with Gasteiger partial charge in [0.05, 0.1) is 5.69 Å². The zero-order chi connectivity index (χ0) is 10.7. The lowest BCUT2D eigenvalue weighted by Gasteiger charge is -2.29. The van der Waals surface area contributed by atoms with E-state index in [4.69, 9.17) is 16.3 Å². The zero-order valence-corrected chi connectivity index (χ0v) is 10.7. The minimum Gasteiger partial charge on any atom is -0.372 e. The molecule has 0 bridgehead atoms. The van der Waals surface area contributed by atoms with Crippen molar-refractivity contribution < 1.29 is 4.74 Å². The van der Waals surface area contributed by atoms with E-state index in [0.29, 0.717) is 11.8 Å². The van der Waals surface area contributed by atoms with Crippen LogP contribution in [0.5, 0.6) is 0 Å². The van der Waals surface area contributed by atoms with Crippen LogP contribution in [0.2, 0.25) is 0 Å². The van der Waals surface area contributed by atoms with Gasteiger partial charge in [-0.25, -0.2) is 0 Å². The lowest BCUT2D eigenvalue weighted by Crippen LogP contribution is -2.24. The van der Waals surface area contributed by atoms with Crippen LogP contribution < -0.4 is 0 Å². The second kappa shape index (κ2) is 5.28. The van der Waals surface area contributed by atoms with Gasteiger partial charge in [0.1, 0.15) is 6.10 Å². The van der Waals surface area contributed by atoms with Gasteiger partial charge in [0.25, 0.3) is 0 Å². The van der Waals surface area contributed by atoms with E-state index < -0.39 is 0 Å². The van der Waals surface area contributed by atoms with Crippen molar-refractivity contribution in [1.29, 1.82) is 0 Å². The molecular weight excluding hydrogens is 277 g/mol. The first-order valence-corrected chi connectivity index (χ1v) is 6.43. The quantitative estimate of drug-likeness (QED) is 0.777. The van der Waals surface area contributed by atoms with E-state index in [1.54, 1.807) is 6.20 Å². The van der Waals surface area contributed by atoms with E-state index in [2.05, 4.69) is 20.9 Å². The third-order valence-electron chi connectivity index (χ3n) is 2.68. The lowest BCUT2D eigenvalue weighted by atomic mass is 9.94. The summed E-state index contributed by atoms with van der Waals surface area (Å²) in [6.07, 6.45) is 4.11. The molecule has 15 heavy (non-hydrogen) atoms. The fourth-order valence-corrected chi connectivity index (χ4v) is 2.43. The summed E-state index contributed by atoms with van der Waals surface area (Å²) in [5, 5.41) is 0. The molecule has 2 atom stereocenters. The van der Waals surface area contributed by atoms with Crippen LogP contribution in [-0.4, -0.2) is 17.5 Å². The normalized spacial score (nSPS) is 26.5. The molecule has 0 aromatic carbocycles. The maximum absolute atomic E-state index is 5.94. The Kier molecular flexibility index (Phi) is 4.00. The molecule has 1 aromatic rings. The molecule has 0 saturated carbocycles. The second-order valence-electron chi connectivity index (χ2n) is 3.75. The first-order chi connectivity index (χ1) is 7.31. The van der Waals surface area contributed by atoms with Crippen molar-refractivity contribution in [3.63, 3.8) is 0 Å². The van der Waals surface area contributed by atoms with Crippen LogP contribution in [0.1, 0.15) is 24.6 Å². The van der Waals surface area contributed by atoms with Crippen LogP contribution in [0.25, 0.3) is 0 Å². The van der Waals surface area contributed by atoms with Crippen molar-refractivity contribution in [3.05, 3.63) is 28.5 Å². The SMILES string of the molecule is ClCC1CCCOC1c1ccc(Br)cn1. The van der Waals surface area contributed by atoms with Crippen molar-refractivity contribution in [2.45, 2.75) is 18.9 Å². The van der Waals surface area contributed by atoms with E-state index in [0.717, 1.165) is 29.6 Å². The number of aromatic nitrogens is 1. The molecule has 1 aromatic heterocycles. The van der Waals surface area contributed by atoms with Crippen molar-refractivity contribution in [3.8, 4) is 0 Å². The number of rotatable bonds is 2. The molecular formula is C11H13BrClNO. The van der Waals surface area contributed by atoms with Crippen molar-refractivity contribution in [2.75, 3.05) is 12.5 Å². The summed E-state index contributed by atoms with van der Waals surface area (Å²) >= 11 is 9.31. The third kappa shape index (κ3) is 2.71. The van der Waals surface area contributed by atoms with E-state index in [1.165, 1.54) is 0 Å². The van der Waals surface area contributed by atoms with E-state index in [1.807, 2.05) is 12.1 Å². The standard InChI is InChI=1S/C11H13BrClNO/c12-9-3-4-10(14-7-9)11-8(6-13)2-1-5-15-11/h3-4,7-8,11H,1-2,5-6H2. The topological polar surface area (TPSA) is 22.1 Å². The Balaban J connectivity index is 2.16. The molecule has 1 fully saturated rings. The van der Waals surface area contributed by atoms with Gasteiger partial charge in [0.15, 0.2) is 0 Å². The van der Waals surface area contributed by atoms with E-state index in [9.17, 15) is 0 Å². The Morgan fingerprint density at radius 2 is 2.40 bits per heavy atom. The molecule has 0 N–H and O–H groups in total. The Hall–Kier alpha value is -0.120. The van der Waals surface area contributed by atoms with Crippen LogP contribution in [0.3, 0.4) is 0 Å². The first kappa shape index (κ1) is 11.4. The Labute approximate surface area is 103 Å². The van der Waals surface area contributed by atoms with Gasteiger partial charge in [-0.3, -0.25) is 4.98 Å². The molecule has 82 valence electrons. The number of ether oxygens (including phenoxy) is 1. The van der Waals surface area contributed by atoms with E-state index in [-0.39, 0.29) is 6.10 Å². The molecule has 0 radical (unpaired) electrons. The third-order valence-corrected chi connectivity index (χ3v) is 3.55. The summed E-state index contributed by atoms with van der Waals surface area (Å²) in [7, 11) is 0. The highest BCUT2D eigenvalue weighted by Crippen LogP contribution is 2.33. The molecule has 2 heterocycles. The number of nitrogens with zero attached hydrogens (tertiary/aromatic N) is 1. The molecule has 0 aliphatic carbocycles. The molecule has 4 heteroatoms. The molecule has 2 unspecified atom stereocenters. The molecule has 0 amide bonds. The maximum Gasteiger partial charge on any atom is 0.103 e. The monoisotopic (exact) mass is 289 g/mol. The average Bonchev–Trinajstić information content (AvgIpc) is 2.30. The highest BCUT2D eigenvalue weighted by Gasteiger charge is 2.27. The first-order valence-electron chi connectivity index (χ1n) is 5.10. The summed E-state index contributed by atoms with van der Waals surface area (Å²) in [4.78, 5) is 4.37. The minimum atomic E-state index is 0.0735. The summed E-state index contributed by atoms with van der Waals surface area (Å²) in [5.74, 6) is 1.04. The minimum absolute atomic E-state index is 0.0735. The molecule has 0 spiro atoms. The number of halogens is 2. The number of alkyl halides is 1. The Morgan fingerprint density at radius 3 is 3.07 bits per heavy atom. The van der Waals surface area contributed by atoms with Gasteiger partial charge >= 0.3 is 0 Å². The van der Waals surface area contributed by atoms with E-state index >= 15 is 0 Å². The van der Waals surface area contributed by atoms with Crippen molar-refractivity contribution in [2.24, 2.45) is 5.92 Å². The van der Waals surface area contributed by atoms with Gasteiger partial charge < -0.3 is 4.74 Å². The Morgan fingerprint density at radius 1 is 1.53 bits per heavy atom. The summed E-state index contributed by atoms with van der Waals surface area (Å²) in [5.41, 5.74) is 0.989. The summed E-state index contributed by atoms with van der Waals surface area (Å²) < 4.78 is 6.74. The molecule has 1 aliphatic heterocycles. The smallest absolute Gasteiger partial charge is 0.103 e. The van der Waals surface area contributed by atoms with Crippen LogP contribution in [0.15, 0.2) is 22.8 Å². The molecule has 1 aliphatic rings. The van der Waals surface area contributed by atoms with Gasteiger partial charge in [-0.1, -0.05) is 0 Å². The van der Waals surface area contributed by atoms with Crippen LogP contribution in [-0.2, 0) is 4.74 Å². The van der Waals surface area contributed by atoms with Crippen molar-refractivity contribution >= 4 is 27.5 Å². The van der Waals surface area contributed by atoms with Gasteiger partial charge in [-0.15, -0.1) is 11.6 Å². The summed E-state index contributed by atoms with van der Waals surface area (Å²) in [6.45, 7) is 0.815. The number of hydrogen-bond donors (Lipinski definition) is 0. The van der Waals surface area contributed by atoms with Gasteiger partial charge in [0.2, 0.25) is 0 Å². The largest absolute Gasteiger partial charge is 0.372 e. The molecule has 2 rings (SSSR count). The second-order valence-corrected chi connectivity index (χ2v) is 4.97. The van der Waals surface area contributed by atoms with Crippen LogP contribution >= 0.6 is 27.5 Å². The van der Waals surface area contributed by atoms with Gasteiger partial charge in [0, 0.05) is 29.1 Å². The summed E-state index contributed by atoms with van der Waals surface area (Å²) in [6, 6.07) is 3.99. The van der Waals surface area contributed by atoms with Crippen LogP contribution in [0, 0.1) is 5.92 Å². The van der Waals surface area contributed by atoms with Gasteiger partial charge in [-0.2, -0.15) is 0 Å². The molecule has 2 nitrogen and oxygen atoms in total.